The quantitative estimate of drug-likeness (QED) is 0.147. The first-order chi connectivity index (χ1) is 17.8. The van der Waals surface area contributed by atoms with Crippen LogP contribution in [-0.4, -0.2) is 27.3 Å². The highest BCUT2D eigenvalue weighted by Gasteiger charge is 2.20. The fourth-order valence-corrected chi connectivity index (χ4v) is 5.72. The number of anilines is 1. The minimum absolute atomic E-state index is 0.00707. The van der Waals surface area contributed by atoms with Crippen molar-refractivity contribution < 1.29 is 19.8 Å². The van der Waals surface area contributed by atoms with E-state index < -0.39 is 5.97 Å². The highest BCUT2D eigenvalue weighted by atomic mass is 32.2. The van der Waals surface area contributed by atoms with Gasteiger partial charge in [0.1, 0.15) is 5.75 Å². The van der Waals surface area contributed by atoms with E-state index >= 15 is 0 Å². The first-order valence-corrected chi connectivity index (χ1v) is 14.3. The number of aliphatic carboxylic acids is 1. The number of fused-ring (bicyclic) bond motifs is 1. The van der Waals surface area contributed by atoms with E-state index in [-0.39, 0.29) is 28.9 Å². The molecule has 0 heterocycles. The lowest BCUT2D eigenvalue weighted by molar-refractivity contribution is -0.136. The van der Waals surface area contributed by atoms with Gasteiger partial charge in [-0.2, -0.15) is 0 Å². The summed E-state index contributed by atoms with van der Waals surface area (Å²) in [6.45, 7) is 6.23. The maximum atomic E-state index is 13.5. The normalized spacial score (nSPS) is 12.0. The highest BCUT2D eigenvalue weighted by molar-refractivity contribution is 8.00. The SMILES string of the molecule is CCCCCc1ccc(NC(=O)c2cc(SC(C)CC(=O)O)c3ccccc3c2O)c(CCCCC)c1. The van der Waals surface area contributed by atoms with E-state index in [1.165, 1.54) is 30.2 Å². The van der Waals surface area contributed by atoms with Crippen molar-refractivity contribution in [3.05, 3.63) is 65.2 Å². The molecule has 0 aromatic heterocycles. The van der Waals surface area contributed by atoms with Crippen LogP contribution in [0.25, 0.3) is 10.8 Å². The first kappa shape index (κ1) is 28.6. The van der Waals surface area contributed by atoms with Crippen LogP contribution in [0.2, 0.25) is 0 Å². The lowest BCUT2D eigenvalue weighted by atomic mass is 9.99. The number of thioether (sulfide) groups is 1. The summed E-state index contributed by atoms with van der Waals surface area (Å²) in [6, 6.07) is 15.3. The van der Waals surface area contributed by atoms with E-state index in [9.17, 15) is 19.8 Å². The fourth-order valence-electron chi connectivity index (χ4n) is 4.57. The number of nitrogens with one attached hydrogen (secondary N) is 1. The Labute approximate surface area is 224 Å². The number of carboxylic acid groups (broad SMARTS) is 1. The molecule has 0 aliphatic heterocycles. The van der Waals surface area contributed by atoms with Gasteiger partial charge in [-0.1, -0.05) is 82.9 Å². The average molecular weight is 522 g/mol. The van der Waals surface area contributed by atoms with Crippen LogP contribution in [-0.2, 0) is 17.6 Å². The molecule has 0 spiro atoms. The van der Waals surface area contributed by atoms with E-state index in [2.05, 4.69) is 31.3 Å². The molecule has 1 unspecified atom stereocenters. The number of benzene rings is 3. The van der Waals surface area contributed by atoms with Crippen LogP contribution in [0, 0.1) is 0 Å². The van der Waals surface area contributed by atoms with Crippen molar-refractivity contribution in [1.29, 1.82) is 0 Å². The third-order valence-corrected chi connectivity index (χ3v) is 7.71. The molecule has 1 amide bonds. The molecule has 37 heavy (non-hydrogen) atoms. The topological polar surface area (TPSA) is 86.6 Å². The van der Waals surface area contributed by atoms with Gasteiger partial charge in [-0.05, 0) is 54.3 Å². The van der Waals surface area contributed by atoms with E-state index in [4.69, 9.17) is 0 Å². The summed E-state index contributed by atoms with van der Waals surface area (Å²) in [5, 5.41) is 24.5. The average Bonchev–Trinajstić information content (AvgIpc) is 2.87. The maximum absolute atomic E-state index is 13.5. The Balaban J connectivity index is 1.93. The van der Waals surface area contributed by atoms with Crippen molar-refractivity contribution in [2.45, 2.75) is 88.7 Å². The summed E-state index contributed by atoms with van der Waals surface area (Å²) in [5.41, 5.74) is 3.38. The fraction of sp³-hybridized carbons (Fsp3) is 0.419. The van der Waals surface area contributed by atoms with Crippen molar-refractivity contribution >= 4 is 40.1 Å². The van der Waals surface area contributed by atoms with Gasteiger partial charge in [0.25, 0.3) is 5.91 Å². The van der Waals surface area contributed by atoms with Gasteiger partial charge in [0.2, 0.25) is 0 Å². The second-order valence-electron chi connectivity index (χ2n) is 9.70. The Bertz CT molecular complexity index is 1220. The zero-order valence-electron chi connectivity index (χ0n) is 22.2. The molecule has 0 aliphatic rings. The molecular formula is C31H39NO4S. The molecule has 0 aliphatic carbocycles. The Morgan fingerprint density at radius 3 is 2.27 bits per heavy atom. The molecule has 0 bridgehead atoms. The van der Waals surface area contributed by atoms with Gasteiger partial charge in [-0.3, -0.25) is 9.59 Å². The minimum atomic E-state index is -0.866. The summed E-state index contributed by atoms with van der Waals surface area (Å²) < 4.78 is 0. The molecular weight excluding hydrogens is 482 g/mol. The Morgan fingerprint density at radius 2 is 1.59 bits per heavy atom. The van der Waals surface area contributed by atoms with Crippen molar-refractivity contribution in [3.8, 4) is 5.75 Å². The molecule has 0 saturated heterocycles. The molecule has 0 fully saturated rings. The summed E-state index contributed by atoms with van der Waals surface area (Å²) in [6.07, 6.45) is 8.79. The lowest BCUT2D eigenvalue weighted by Crippen LogP contribution is -2.14. The predicted octanol–water partition coefficient (Wildman–Crippen LogP) is 8.22. The van der Waals surface area contributed by atoms with Gasteiger partial charge in [-0.25, -0.2) is 0 Å². The van der Waals surface area contributed by atoms with E-state index in [1.807, 2.05) is 31.2 Å². The molecule has 0 saturated carbocycles. The number of phenolic OH excluding ortho intramolecular Hbond substituents is 1. The standard InChI is InChI=1S/C31H39NO4S/c1-4-6-8-12-22-16-17-27(23(19-22)13-9-7-5-2)32-31(36)26-20-28(37-21(3)18-29(33)34)24-14-10-11-15-25(24)30(26)35/h10-11,14-17,19-21,35H,4-9,12-13,18H2,1-3H3,(H,32,36)(H,33,34). The Kier molecular flexibility index (Phi) is 10.9. The number of carbonyl (C=O) groups excluding carboxylic acids is 1. The Morgan fingerprint density at radius 1 is 0.919 bits per heavy atom. The molecule has 198 valence electrons. The number of phenols is 1. The van der Waals surface area contributed by atoms with E-state index in [0.717, 1.165) is 60.1 Å². The second kappa shape index (κ2) is 14.1. The summed E-state index contributed by atoms with van der Waals surface area (Å²) >= 11 is 1.40. The van der Waals surface area contributed by atoms with Crippen LogP contribution in [0.1, 0.15) is 87.2 Å². The van der Waals surface area contributed by atoms with E-state index in [1.54, 1.807) is 12.1 Å². The number of unbranched alkanes of at least 4 members (excludes halogenated alkanes) is 4. The second-order valence-corrected chi connectivity index (χ2v) is 11.2. The zero-order chi connectivity index (χ0) is 26.8. The van der Waals surface area contributed by atoms with Crippen LogP contribution >= 0.6 is 11.8 Å². The highest BCUT2D eigenvalue weighted by Crippen LogP contribution is 2.39. The monoisotopic (exact) mass is 521 g/mol. The number of amides is 1. The largest absolute Gasteiger partial charge is 0.506 e. The van der Waals surface area contributed by atoms with Crippen LogP contribution in [0.15, 0.2) is 53.4 Å². The van der Waals surface area contributed by atoms with Crippen LogP contribution in [0.3, 0.4) is 0 Å². The number of rotatable bonds is 14. The molecule has 0 radical (unpaired) electrons. The van der Waals surface area contributed by atoms with Crippen molar-refractivity contribution in [1.82, 2.24) is 0 Å². The number of hydrogen-bond acceptors (Lipinski definition) is 4. The molecule has 5 nitrogen and oxygen atoms in total. The van der Waals surface area contributed by atoms with Gasteiger partial charge < -0.3 is 15.5 Å². The molecule has 6 heteroatoms. The third-order valence-electron chi connectivity index (χ3n) is 6.55. The summed E-state index contributed by atoms with van der Waals surface area (Å²) in [4.78, 5) is 25.5. The molecule has 3 aromatic rings. The van der Waals surface area contributed by atoms with Crippen molar-refractivity contribution in [3.63, 3.8) is 0 Å². The zero-order valence-corrected chi connectivity index (χ0v) is 23.0. The molecule has 3 rings (SSSR count). The smallest absolute Gasteiger partial charge is 0.304 e. The lowest BCUT2D eigenvalue weighted by Gasteiger charge is -2.17. The van der Waals surface area contributed by atoms with Gasteiger partial charge >= 0.3 is 5.97 Å². The third kappa shape index (κ3) is 8.00. The van der Waals surface area contributed by atoms with E-state index in [0.29, 0.717) is 5.39 Å². The number of aromatic hydroxyl groups is 1. The predicted molar refractivity (Wildman–Crippen MR) is 154 cm³/mol. The van der Waals surface area contributed by atoms with Crippen molar-refractivity contribution in [2.75, 3.05) is 5.32 Å². The van der Waals surface area contributed by atoms with Crippen LogP contribution in [0.4, 0.5) is 5.69 Å². The summed E-state index contributed by atoms with van der Waals surface area (Å²) in [7, 11) is 0. The number of carbonyl (C=O) groups is 2. The van der Waals surface area contributed by atoms with Crippen molar-refractivity contribution in [2.24, 2.45) is 0 Å². The minimum Gasteiger partial charge on any atom is -0.506 e. The number of carboxylic acids is 1. The molecule has 3 N–H and O–H groups in total. The van der Waals surface area contributed by atoms with Crippen LogP contribution < -0.4 is 5.32 Å². The Hall–Kier alpha value is -2.99. The molecule has 1 atom stereocenters. The van der Waals surface area contributed by atoms with Gasteiger partial charge in [-0.15, -0.1) is 11.8 Å². The van der Waals surface area contributed by atoms with Gasteiger partial charge in [0, 0.05) is 21.2 Å². The first-order valence-electron chi connectivity index (χ1n) is 13.4. The maximum Gasteiger partial charge on any atom is 0.304 e. The summed E-state index contributed by atoms with van der Waals surface area (Å²) in [5.74, 6) is -1.30. The molecule has 3 aromatic carbocycles. The number of aryl methyl sites for hydroxylation is 2. The number of hydrogen-bond donors (Lipinski definition) is 3. The van der Waals surface area contributed by atoms with Gasteiger partial charge in [0.15, 0.2) is 0 Å². The van der Waals surface area contributed by atoms with Crippen LogP contribution in [0.5, 0.6) is 5.75 Å². The van der Waals surface area contributed by atoms with Gasteiger partial charge in [0.05, 0.1) is 12.0 Å².